The van der Waals surface area contributed by atoms with Crippen LogP contribution in [0.4, 0.5) is 0 Å². The summed E-state index contributed by atoms with van der Waals surface area (Å²) in [6, 6.07) is 28.3. The van der Waals surface area contributed by atoms with Crippen molar-refractivity contribution in [1.82, 2.24) is 9.97 Å². The van der Waals surface area contributed by atoms with Gasteiger partial charge in [0.05, 0.1) is 24.5 Å². The minimum atomic E-state index is 0.639. The molecule has 0 radical (unpaired) electrons. The van der Waals surface area contributed by atoms with E-state index in [-0.39, 0.29) is 0 Å². The summed E-state index contributed by atoms with van der Waals surface area (Å²) in [5.74, 6) is 0. The molecule has 4 nitrogen and oxygen atoms in total. The van der Waals surface area contributed by atoms with E-state index < -0.39 is 0 Å². The normalized spacial score (nSPS) is 11.6. The molecule has 2 heterocycles. The zero-order valence-corrected chi connectivity index (χ0v) is 15.4. The molecule has 2 aromatic carbocycles. The molecule has 0 bridgehead atoms. The highest BCUT2D eigenvalue weighted by molar-refractivity contribution is 5.86. The van der Waals surface area contributed by atoms with Crippen molar-refractivity contribution < 1.29 is 0 Å². The zero-order chi connectivity index (χ0) is 19.0. The maximum absolute atomic E-state index is 4.61. The second-order valence-electron chi connectivity index (χ2n) is 6.43. The molecule has 0 aliphatic rings. The third kappa shape index (κ3) is 4.74. The lowest BCUT2D eigenvalue weighted by atomic mass is 10.2. The van der Waals surface area contributed by atoms with Crippen molar-refractivity contribution in [3.63, 3.8) is 0 Å². The van der Waals surface area contributed by atoms with Gasteiger partial charge >= 0.3 is 0 Å². The molecule has 0 spiro atoms. The molecule has 0 atom stereocenters. The van der Waals surface area contributed by atoms with E-state index in [0.29, 0.717) is 18.7 Å². The molecular formula is C24H20N4. The first-order valence-electron chi connectivity index (χ1n) is 9.22. The molecule has 0 fully saturated rings. The molecule has 0 saturated carbocycles. The standard InChI is InChI=1S/C24H20N4/c1-3-7-19(8-4-1)15-25-17-22-13-11-21-12-14-23(28-24(21)27-22)18-26-16-20-9-5-2-6-10-20/h1-14,17-18H,15-16H2. The van der Waals surface area contributed by atoms with Crippen LogP contribution in [0.15, 0.2) is 94.9 Å². The summed E-state index contributed by atoms with van der Waals surface area (Å²) in [6.07, 6.45) is 3.59. The number of rotatable bonds is 6. The lowest BCUT2D eigenvalue weighted by Crippen LogP contribution is -1.95. The first kappa shape index (κ1) is 17.7. The summed E-state index contributed by atoms with van der Waals surface area (Å²) < 4.78 is 0. The fraction of sp³-hybridized carbons (Fsp3) is 0.0833. The Morgan fingerprint density at radius 1 is 0.571 bits per heavy atom. The predicted octanol–water partition coefficient (Wildman–Crippen LogP) is 4.87. The SMILES string of the molecule is C(=NCc1ccccc1)c1ccc2ccc(C=NCc3ccccc3)nc2n1. The van der Waals surface area contributed by atoms with Gasteiger partial charge in [-0.15, -0.1) is 0 Å². The summed E-state index contributed by atoms with van der Waals surface area (Å²) in [7, 11) is 0. The lowest BCUT2D eigenvalue weighted by molar-refractivity contribution is 1.07. The highest BCUT2D eigenvalue weighted by Gasteiger charge is 2.00. The molecule has 4 aromatic rings. The first-order valence-corrected chi connectivity index (χ1v) is 9.22. The monoisotopic (exact) mass is 364 g/mol. The van der Waals surface area contributed by atoms with E-state index in [4.69, 9.17) is 0 Å². The van der Waals surface area contributed by atoms with Gasteiger partial charge in [0.25, 0.3) is 0 Å². The van der Waals surface area contributed by atoms with Crippen LogP contribution < -0.4 is 0 Å². The number of pyridine rings is 2. The molecule has 4 rings (SSSR count). The Balaban J connectivity index is 1.47. The molecule has 136 valence electrons. The van der Waals surface area contributed by atoms with Gasteiger partial charge in [-0.25, -0.2) is 9.97 Å². The largest absolute Gasteiger partial charge is 0.286 e. The fourth-order valence-electron chi connectivity index (χ4n) is 2.83. The number of fused-ring (bicyclic) bond motifs is 1. The van der Waals surface area contributed by atoms with Crippen molar-refractivity contribution in [1.29, 1.82) is 0 Å². The maximum Gasteiger partial charge on any atom is 0.160 e. The Kier molecular flexibility index (Phi) is 5.59. The second kappa shape index (κ2) is 8.82. The van der Waals surface area contributed by atoms with E-state index in [2.05, 4.69) is 44.2 Å². The summed E-state index contributed by atoms with van der Waals surface area (Å²) in [4.78, 5) is 18.2. The van der Waals surface area contributed by atoms with Crippen LogP contribution in [0.2, 0.25) is 0 Å². The van der Waals surface area contributed by atoms with Gasteiger partial charge in [0.15, 0.2) is 5.65 Å². The Labute approximate surface area is 164 Å². The molecule has 0 N–H and O–H groups in total. The first-order chi connectivity index (χ1) is 13.9. The smallest absolute Gasteiger partial charge is 0.160 e. The Morgan fingerprint density at radius 3 is 1.50 bits per heavy atom. The second-order valence-corrected chi connectivity index (χ2v) is 6.43. The molecule has 2 aromatic heterocycles. The molecule has 0 amide bonds. The molecular weight excluding hydrogens is 344 g/mol. The topological polar surface area (TPSA) is 50.5 Å². The van der Waals surface area contributed by atoms with E-state index in [1.54, 1.807) is 12.4 Å². The number of hydrogen-bond donors (Lipinski definition) is 0. The van der Waals surface area contributed by atoms with Crippen LogP contribution in [0.1, 0.15) is 22.5 Å². The summed E-state index contributed by atoms with van der Waals surface area (Å²) in [5.41, 5.74) is 4.65. The lowest BCUT2D eigenvalue weighted by Gasteiger charge is -2.00. The predicted molar refractivity (Wildman–Crippen MR) is 115 cm³/mol. The number of nitrogens with zero attached hydrogens (tertiary/aromatic N) is 4. The molecule has 0 unspecified atom stereocenters. The number of hydrogen-bond acceptors (Lipinski definition) is 4. The fourth-order valence-corrected chi connectivity index (χ4v) is 2.83. The van der Waals surface area contributed by atoms with Crippen molar-refractivity contribution in [3.8, 4) is 0 Å². The van der Waals surface area contributed by atoms with Crippen LogP contribution in [0.5, 0.6) is 0 Å². The Morgan fingerprint density at radius 2 is 1.04 bits per heavy atom. The van der Waals surface area contributed by atoms with Gasteiger partial charge in [-0.2, -0.15) is 0 Å². The van der Waals surface area contributed by atoms with Gasteiger partial charge in [0.2, 0.25) is 0 Å². The van der Waals surface area contributed by atoms with Crippen molar-refractivity contribution in [3.05, 3.63) is 107 Å². The van der Waals surface area contributed by atoms with Crippen LogP contribution >= 0.6 is 0 Å². The summed E-state index contributed by atoms with van der Waals surface area (Å²) >= 11 is 0. The molecule has 0 aliphatic heterocycles. The molecule has 0 aliphatic carbocycles. The number of benzene rings is 2. The Hall–Kier alpha value is -3.66. The van der Waals surface area contributed by atoms with Gasteiger partial charge in [0, 0.05) is 17.8 Å². The quantitative estimate of drug-likeness (QED) is 0.458. The zero-order valence-electron chi connectivity index (χ0n) is 15.4. The summed E-state index contributed by atoms with van der Waals surface area (Å²) in [6.45, 7) is 1.28. The van der Waals surface area contributed by atoms with Crippen LogP contribution in [-0.2, 0) is 13.1 Å². The average molecular weight is 364 g/mol. The van der Waals surface area contributed by atoms with Crippen LogP contribution in [0.25, 0.3) is 11.0 Å². The van der Waals surface area contributed by atoms with Crippen molar-refractivity contribution in [2.24, 2.45) is 9.98 Å². The highest BCUT2D eigenvalue weighted by atomic mass is 14.9. The number of aliphatic imine (C=N–C) groups is 2. The van der Waals surface area contributed by atoms with Crippen molar-refractivity contribution in [2.45, 2.75) is 13.1 Å². The van der Waals surface area contributed by atoms with Crippen LogP contribution in [-0.4, -0.2) is 22.4 Å². The van der Waals surface area contributed by atoms with Crippen molar-refractivity contribution in [2.75, 3.05) is 0 Å². The highest BCUT2D eigenvalue weighted by Crippen LogP contribution is 2.11. The average Bonchev–Trinajstić information content (AvgIpc) is 2.75. The van der Waals surface area contributed by atoms with E-state index >= 15 is 0 Å². The van der Waals surface area contributed by atoms with E-state index in [9.17, 15) is 0 Å². The van der Waals surface area contributed by atoms with Gasteiger partial charge in [0.1, 0.15) is 0 Å². The minimum Gasteiger partial charge on any atom is -0.286 e. The Bertz CT molecular complexity index is 1020. The van der Waals surface area contributed by atoms with Gasteiger partial charge in [-0.3, -0.25) is 9.98 Å². The van der Waals surface area contributed by atoms with E-state index in [1.165, 1.54) is 11.1 Å². The molecule has 4 heteroatoms. The van der Waals surface area contributed by atoms with Crippen LogP contribution in [0, 0.1) is 0 Å². The maximum atomic E-state index is 4.61. The third-order valence-electron chi connectivity index (χ3n) is 4.28. The van der Waals surface area contributed by atoms with Crippen LogP contribution in [0.3, 0.4) is 0 Å². The van der Waals surface area contributed by atoms with Gasteiger partial charge in [-0.05, 0) is 35.4 Å². The minimum absolute atomic E-state index is 0.639. The van der Waals surface area contributed by atoms with Gasteiger partial charge < -0.3 is 0 Å². The number of aromatic nitrogens is 2. The molecule has 28 heavy (non-hydrogen) atoms. The third-order valence-corrected chi connectivity index (χ3v) is 4.28. The van der Waals surface area contributed by atoms with Crippen molar-refractivity contribution >= 4 is 23.5 Å². The van der Waals surface area contributed by atoms with Gasteiger partial charge in [-0.1, -0.05) is 60.7 Å². The molecule has 0 saturated heterocycles. The van der Waals surface area contributed by atoms with E-state index in [1.807, 2.05) is 60.7 Å². The summed E-state index contributed by atoms with van der Waals surface area (Å²) in [5, 5.41) is 1.00. The van der Waals surface area contributed by atoms with E-state index in [0.717, 1.165) is 16.8 Å².